The lowest BCUT2D eigenvalue weighted by atomic mass is 10.1. The maximum absolute atomic E-state index is 13.4. The average Bonchev–Trinajstić information content (AvgIpc) is 3.47. The molecule has 4 heterocycles. The van der Waals surface area contributed by atoms with Gasteiger partial charge in [-0.05, 0) is 48.9 Å². The molecule has 0 bridgehead atoms. The van der Waals surface area contributed by atoms with Gasteiger partial charge in [0.15, 0.2) is 0 Å². The van der Waals surface area contributed by atoms with Crippen LogP contribution in [0.25, 0.3) is 20.7 Å². The minimum Gasteiger partial charge on any atom is -0.383 e. The first-order valence-corrected chi connectivity index (χ1v) is 13.8. The van der Waals surface area contributed by atoms with Crippen LogP contribution >= 0.6 is 34.3 Å². The summed E-state index contributed by atoms with van der Waals surface area (Å²) in [5.41, 5.74) is 7.48. The number of amides is 1. The van der Waals surface area contributed by atoms with Gasteiger partial charge in [0.25, 0.3) is 10.0 Å². The van der Waals surface area contributed by atoms with Crippen LogP contribution in [0, 0.1) is 0 Å². The number of aromatic nitrogens is 2. The summed E-state index contributed by atoms with van der Waals surface area (Å²) in [7, 11) is -3.81. The number of hydrogen-bond donors (Lipinski definition) is 1. The predicted octanol–water partition coefficient (Wildman–Crippen LogP) is 4.08. The van der Waals surface area contributed by atoms with Crippen molar-refractivity contribution in [2.45, 2.75) is 23.7 Å². The van der Waals surface area contributed by atoms with Gasteiger partial charge < -0.3 is 10.6 Å². The van der Waals surface area contributed by atoms with Gasteiger partial charge in [0, 0.05) is 34.8 Å². The molecule has 0 radical (unpaired) electrons. The van der Waals surface area contributed by atoms with E-state index in [1.807, 2.05) is 24.3 Å². The van der Waals surface area contributed by atoms with E-state index >= 15 is 0 Å². The first-order chi connectivity index (χ1) is 16.2. The molecule has 1 aliphatic rings. The molecule has 0 unspecified atom stereocenters. The second-order valence-corrected chi connectivity index (χ2v) is 12.8. The summed E-state index contributed by atoms with van der Waals surface area (Å²) in [4.78, 5) is 24.8. The number of thiophene rings is 2. The smallest absolute Gasteiger partial charge is 0.253 e. The molecule has 1 atom stereocenters. The van der Waals surface area contributed by atoms with E-state index in [1.54, 1.807) is 30.0 Å². The van der Waals surface area contributed by atoms with E-state index in [1.165, 1.54) is 33.3 Å². The Labute approximate surface area is 209 Å². The minimum atomic E-state index is -3.81. The lowest BCUT2D eigenvalue weighted by molar-refractivity contribution is -0.138. The van der Waals surface area contributed by atoms with E-state index in [4.69, 9.17) is 17.3 Å². The highest BCUT2D eigenvalue weighted by Gasteiger charge is 2.39. The molecule has 1 amide bonds. The number of carbonyl (C=O) groups is 1. The Balaban J connectivity index is 1.33. The lowest BCUT2D eigenvalue weighted by Gasteiger charge is -2.38. The van der Waals surface area contributed by atoms with Crippen molar-refractivity contribution in [1.29, 1.82) is 0 Å². The molecule has 1 aromatic carbocycles. The molecule has 1 saturated heterocycles. The summed E-state index contributed by atoms with van der Waals surface area (Å²) in [6, 6.07) is 11.8. The van der Waals surface area contributed by atoms with Crippen LogP contribution in [-0.4, -0.2) is 52.6 Å². The highest BCUT2D eigenvalue weighted by Crippen LogP contribution is 2.38. The molecule has 2 N–H and O–H groups in total. The first-order valence-electron chi connectivity index (χ1n) is 10.4. The molecule has 1 fully saturated rings. The predicted molar refractivity (Wildman–Crippen MR) is 135 cm³/mol. The zero-order chi connectivity index (χ0) is 24.0. The van der Waals surface area contributed by atoms with Crippen molar-refractivity contribution in [3.05, 3.63) is 58.7 Å². The minimum absolute atomic E-state index is 0.215. The van der Waals surface area contributed by atoms with E-state index in [9.17, 15) is 13.2 Å². The number of halogens is 1. The van der Waals surface area contributed by atoms with Crippen molar-refractivity contribution in [3.8, 4) is 9.75 Å². The molecule has 12 heteroatoms. The van der Waals surface area contributed by atoms with Crippen LogP contribution in [0.2, 0.25) is 4.34 Å². The fraction of sp³-hybridized carbons (Fsp3) is 0.227. The van der Waals surface area contributed by atoms with E-state index < -0.39 is 16.1 Å². The molecular formula is C22H20ClN5O3S3. The Bertz CT molecular complexity index is 1500. The summed E-state index contributed by atoms with van der Waals surface area (Å²) < 4.78 is 28.9. The van der Waals surface area contributed by atoms with Crippen molar-refractivity contribution < 1.29 is 13.2 Å². The second-order valence-electron chi connectivity index (χ2n) is 7.88. The van der Waals surface area contributed by atoms with Crippen LogP contribution in [0.15, 0.2) is 53.0 Å². The van der Waals surface area contributed by atoms with Crippen molar-refractivity contribution in [3.63, 3.8) is 0 Å². The number of hydrogen-bond acceptors (Lipinski definition) is 8. The molecule has 0 saturated carbocycles. The maximum atomic E-state index is 13.4. The quantitative estimate of drug-likeness (QED) is 0.414. The van der Waals surface area contributed by atoms with Gasteiger partial charge in [0.2, 0.25) is 5.91 Å². The van der Waals surface area contributed by atoms with E-state index in [-0.39, 0.29) is 16.7 Å². The van der Waals surface area contributed by atoms with E-state index in [0.29, 0.717) is 28.8 Å². The van der Waals surface area contributed by atoms with E-state index in [2.05, 4.69) is 9.97 Å². The highest BCUT2D eigenvalue weighted by atomic mass is 35.5. The fourth-order valence-electron chi connectivity index (χ4n) is 3.99. The average molecular weight is 534 g/mol. The molecule has 0 aliphatic carbocycles. The standard InChI is InChI=1S/C22H20ClN5O3S3/c1-13-22(29)27(11-14-2-3-15-16(10-14)25-12-26-21(15)24)8-9-28(13)34(30,31)20-7-5-18(33-20)17-4-6-19(23)32-17/h2-7,10,12-13H,8-9,11H2,1H3,(H2,24,25,26)/t13-/m0/s1. The summed E-state index contributed by atoms with van der Waals surface area (Å²) in [6.07, 6.45) is 1.40. The Kier molecular flexibility index (Phi) is 6.07. The van der Waals surface area contributed by atoms with Gasteiger partial charge in [-0.15, -0.1) is 22.7 Å². The third-order valence-corrected chi connectivity index (χ3v) is 10.7. The number of sulfonamides is 1. The van der Waals surface area contributed by atoms with Crippen LogP contribution in [0.5, 0.6) is 0 Å². The maximum Gasteiger partial charge on any atom is 0.253 e. The Morgan fingerprint density at radius 2 is 1.85 bits per heavy atom. The normalized spacial score (nSPS) is 17.5. The van der Waals surface area contributed by atoms with Crippen molar-refractivity contribution >= 4 is 66.9 Å². The zero-order valence-electron chi connectivity index (χ0n) is 18.0. The number of benzene rings is 1. The third-order valence-electron chi connectivity index (χ3n) is 5.76. The van der Waals surface area contributed by atoms with Gasteiger partial charge in [-0.2, -0.15) is 4.31 Å². The largest absolute Gasteiger partial charge is 0.383 e. The van der Waals surface area contributed by atoms with Crippen LogP contribution in [0.1, 0.15) is 12.5 Å². The topological polar surface area (TPSA) is 109 Å². The molecule has 0 spiro atoms. The molecule has 3 aromatic heterocycles. The number of fused-ring (bicyclic) bond motifs is 1. The summed E-state index contributed by atoms with van der Waals surface area (Å²) in [5, 5.41) is 0.752. The van der Waals surface area contributed by atoms with Gasteiger partial charge in [0.1, 0.15) is 22.4 Å². The van der Waals surface area contributed by atoms with Crippen LogP contribution in [-0.2, 0) is 21.4 Å². The fourth-order valence-corrected chi connectivity index (χ4v) is 8.14. The number of nitrogens with two attached hydrogens (primary N) is 1. The van der Waals surface area contributed by atoms with Gasteiger partial charge in [-0.3, -0.25) is 4.79 Å². The zero-order valence-corrected chi connectivity index (χ0v) is 21.2. The van der Waals surface area contributed by atoms with Crippen LogP contribution in [0.3, 0.4) is 0 Å². The van der Waals surface area contributed by atoms with E-state index in [0.717, 1.165) is 20.7 Å². The second kappa shape index (κ2) is 8.90. The van der Waals surface area contributed by atoms with Gasteiger partial charge in [-0.25, -0.2) is 18.4 Å². The molecular weight excluding hydrogens is 514 g/mol. The molecule has 1 aliphatic heterocycles. The number of anilines is 1. The summed E-state index contributed by atoms with van der Waals surface area (Å²) >= 11 is 8.59. The van der Waals surface area contributed by atoms with Crippen LogP contribution in [0.4, 0.5) is 5.82 Å². The number of nitrogen functional groups attached to an aromatic ring is 1. The Hall–Kier alpha value is -2.57. The Morgan fingerprint density at radius 3 is 2.62 bits per heavy atom. The Morgan fingerprint density at radius 1 is 1.09 bits per heavy atom. The molecule has 5 rings (SSSR count). The summed E-state index contributed by atoms with van der Waals surface area (Å²) in [6.45, 7) is 2.51. The molecule has 176 valence electrons. The number of carbonyl (C=O) groups excluding carboxylic acids is 1. The van der Waals surface area contributed by atoms with Crippen molar-refractivity contribution in [2.75, 3.05) is 18.8 Å². The van der Waals surface area contributed by atoms with Gasteiger partial charge in [-0.1, -0.05) is 17.7 Å². The van der Waals surface area contributed by atoms with Gasteiger partial charge in [0.05, 0.1) is 9.85 Å². The molecule has 34 heavy (non-hydrogen) atoms. The summed E-state index contributed by atoms with van der Waals surface area (Å²) in [5.74, 6) is 0.165. The third kappa shape index (κ3) is 4.18. The lowest BCUT2D eigenvalue weighted by Crippen LogP contribution is -2.56. The van der Waals surface area contributed by atoms with Crippen LogP contribution < -0.4 is 5.73 Å². The van der Waals surface area contributed by atoms with Crippen molar-refractivity contribution in [2.24, 2.45) is 0 Å². The monoisotopic (exact) mass is 533 g/mol. The number of rotatable bonds is 5. The first kappa shape index (κ1) is 23.2. The van der Waals surface area contributed by atoms with Gasteiger partial charge >= 0.3 is 0 Å². The highest BCUT2D eigenvalue weighted by molar-refractivity contribution is 7.91. The number of nitrogens with zero attached hydrogens (tertiary/aromatic N) is 4. The molecule has 4 aromatic rings. The number of piperazine rings is 1. The van der Waals surface area contributed by atoms with Crippen molar-refractivity contribution in [1.82, 2.24) is 19.2 Å². The SMILES string of the molecule is C[C@H]1C(=O)N(Cc2ccc3c(N)ncnc3c2)CCN1S(=O)(=O)c1ccc(-c2ccc(Cl)s2)s1. The molecule has 8 nitrogen and oxygen atoms in total.